The minimum Gasteiger partial charge on any atom is -0.368 e. The topological polar surface area (TPSA) is 75.4 Å². The van der Waals surface area contributed by atoms with Crippen molar-refractivity contribution in [1.82, 2.24) is 10.2 Å². The third-order valence-corrected chi connectivity index (χ3v) is 3.81. The molecule has 2 rings (SSSR count). The third-order valence-electron chi connectivity index (χ3n) is 3.81. The standard InChI is InChI=1S/C12H21N3O2.ClH/c13-11(16)10-8-14-6-7-15(10)12(17)9-4-2-1-3-5-9;/h9-10,14H,1-8H2,(H2,13,16);1H. The molecule has 2 amide bonds. The number of amides is 2. The van der Waals surface area contributed by atoms with E-state index in [4.69, 9.17) is 5.73 Å². The van der Waals surface area contributed by atoms with Gasteiger partial charge in [-0.1, -0.05) is 19.3 Å². The maximum absolute atomic E-state index is 12.4. The van der Waals surface area contributed by atoms with Crippen molar-refractivity contribution in [1.29, 1.82) is 0 Å². The summed E-state index contributed by atoms with van der Waals surface area (Å²) in [6, 6.07) is -0.460. The van der Waals surface area contributed by atoms with E-state index in [1.807, 2.05) is 0 Å². The Bertz CT molecular complexity index is 306. The molecule has 1 unspecified atom stereocenters. The molecule has 0 aromatic heterocycles. The largest absolute Gasteiger partial charge is 0.368 e. The van der Waals surface area contributed by atoms with E-state index in [1.165, 1.54) is 6.42 Å². The van der Waals surface area contributed by atoms with Gasteiger partial charge in [0.05, 0.1) is 0 Å². The van der Waals surface area contributed by atoms with Crippen LogP contribution in [0.1, 0.15) is 32.1 Å². The molecule has 1 aliphatic heterocycles. The fourth-order valence-corrected chi connectivity index (χ4v) is 2.81. The average molecular weight is 276 g/mol. The van der Waals surface area contributed by atoms with Crippen LogP contribution in [0.25, 0.3) is 0 Å². The zero-order chi connectivity index (χ0) is 12.3. The van der Waals surface area contributed by atoms with Gasteiger partial charge in [-0.15, -0.1) is 12.4 Å². The van der Waals surface area contributed by atoms with Crippen molar-refractivity contribution in [3.05, 3.63) is 0 Å². The van der Waals surface area contributed by atoms with Gasteiger partial charge in [-0.2, -0.15) is 0 Å². The van der Waals surface area contributed by atoms with Gasteiger partial charge in [0, 0.05) is 25.6 Å². The number of nitrogens with zero attached hydrogens (tertiary/aromatic N) is 1. The lowest BCUT2D eigenvalue weighted by molar-refractivity contribution is -0.144. The second kappa shape index (κ2) is 6.95. The molecule has 18 heavy (non-hydrogen) atoms. The SMILES string of the molecule is Cl.NC(=O)C1CNCCN1C(=O)C1CCCCC1. The van der Waals surface area contributed by atoms with Crippen molar-refractivity contribution in [3.63, 3.8) is 0 Å². The zero-order valence-electron chi connectivity index (χ0n) is 10.6. The van der Waals surface area contributed by atoms with Crippen LogP contribution < -0.4 is 11.1 Å². The minimum absolute atomic E-state index is 0. The Hall–Kier alpha value is -0.810. The maximum Gasteiger partial charge on any atom is 0.241 e. The maximum atomic E-state index is 12.4. The molecular formula is C12H22ClN3O2. The summed E-state index contributed by atoms with van der Waals surface area (Å²) in [5.41, 5.74) is 5.35. The second-order valence-corrected chi connectivity index (χ2v) is 4.99. The van der Waals surface area contributed by atoms with E-state index < -0.39 is 11.9 Å². The molecule has 1 saturated carbocycles. The smallest absolute Gasteiger partial charge is 0.241 e. The number of carbonyl (C=O) groups excluding carboxylic acids is 2. The summed E-state index contributed by atoms with van der Waals surface area (Å²) in [4.78, 5) is 25.4. The van der Waals surface area contributed by atoms with E-state index in [1.54, 1.807) is 4.90 Å². The first-order chi connectivity index (χ1) is 8.20. The number of carbonyl (C=O) groups is 2. The lowest BCUT2D eigenvalue weighted by Gasteiger charge is -2.37. The fraction of sp³-hybridized carbons (Fsp3) is 0.833. The zero-order valence-corrected chi connectivity index (χ0v) is 11.4. The lowest BCUT2D eigenvalue weighted by atomic mass is 9.87. The van der Waals surface area contributed by atoms with Crippen LogP contribution in [0, 0.1) is 5.92 Å². The molecule has 3 N–H and O–H groups in total. The molecule has 2 aliphatic rings. The molecule has 1 saturated heterocycles. The number of piperazine rings is 1. The molecule has 0 radical (unpaired) electrons. The van der Waals surface area contributed by atoms with E-state index in [0.717, 1.165) is 32.2 Å². The van der Waals surface area contributed by atoms with Gasteiger partial charge in [0.15, 0.2) is 0 Å². The number of hydrogen-bond acceptors (Lipinski definition) is 3. The monoisotopic (exact) mass is 275 g/mol. The number of hydrogen-bond donors (Lipinski definition) is 2. The molecule has 0 bridgehead atoms. The van der Waals surface area contributed by atoms with Crippen LogP contribution in [0.2, 0.25) is 0 Å². The quantitative estimate of drug-likeness (QED) is 0.760. The Morgan fingerprint density at radius 3 is 2.44 bits per heavy atom. The summed E-state index contributed by atoms with van der Waals surface area (Å²) >= 11 is 0. The number of primary amides is 1. The summed E-state index contributed by atoms with van der Waals surface area (Å²) in [7, 11) is 0. The predicted octanol–water partition coefficient (Wildman–Crippen LogP) is 0.274. The van der Waals surface area contributed by atoms with Crippen molar-refractivity contribution < 1.29 is 9.59 Å². The van der Waals surface area contributed by atoms with Crippen molar-refractivity contribution in [2.75, 3.05) is 19.6 Å². The summed E-state index contributed by atoms with van der Waals surface area (Å²) in [5.74, 6) is -0.153. The predicted molar refractivity (Wildman–Crippen MR) is 71.4 cm³/mol. The molecule has 5 nitrogen and oxygen atoms in total. The molecule has 0 aromatic carbocycles. The van der Waals surface area contributed by atoms with Gasteiger partial charge in [0.2, 0.25) is 11.8 Å². The summed E-state index contributed by atoms with van der Waals surface area (Å²) in [6.45, 7) is 1.85. The van der Waals surface area contributed by atoms with Gasteiger partial charge in [-0.05, 0) is 12.8 Å². The molecule has 1 atom stereocenters. The molecule has 104 valence electrons. The highest BCUT2D eigenvalue weighted by Gasteiger charge is 2.34. The number of nitrogens with one attached hydrogen (secondary N) is 1. The molecule has 2 fully saturated rings. The first kappa shape index (κ1) is 15.2. The normalized spacial score (nSPS) is 25.3. The highest BCUT2D eigenvalue weighted by Crippen LogP contribution is 2.26. The van der Waals surface area contributed by atoms with Gasteiger partial charge in [0.1, 0.15) is 6.04 Å². The number of halogens is 1. The minimum atomic E-state index is -0.460. The highest BCUT2D eigenvalue weighted by molar-refractivity contribution is 5.88. The Labute approximate surface area is 114 Å². The van der Waals surface area contributed by atoms with E-state index in [2.05, 4.69) is 5.32 Å². The summed E-state index contributed by atoms with van der Waals surface area (Å²) in [5, 5.41) is 3.11. The summed E-state index contributed by atoms with van der Waals surface area (Å²) < 4.78 is 0. The van der Waals surface area contributed by atoms with E-state index in [9.17, 15) is 9.59 Å². The van der Waals surface area contributed by atoms with Crippen LogP contribution in [0.5, 0.6) is 0 Å². The first-order valence-electron chi connectivity index (χ1n) is 6.50. The van der Waals surface area contributed by atoms with Crippen molar-refractivity contribution >= 4 is 24.2 Å². The average Bonchev–Trinajstić information content (AvgIpc) is 2.39. The molecule has 6 heteroatoms. The van der Waals surface area contributed by atoms with E-state index >= 15 is 0 Å². The summed E-state index contributed by atoms with van der Waals surface area (Å²) in [6.07, 6.45) is 5.42. The third kappa shape index (κ3) is 3.36. The van der Waals surface area contributed by atoms with Gasteiger partial charge < -0.3 is 16.0 Å². The van der Waals surface area contributed by atoms with E-state index in [0.29, 0.717) is 13.1 Å². The van der Waals surface area contributed by atoms with E-state index in [-0.39, 0.29) is 24.2 Å². The van der Waals surface area contributed by atoms with Gasteiger partial charge in [-0.25, -0.2) is 0 Å². The van der Waals surface area contributed by atoms with Gasteiger partial charge >= 0.3 is 0 Å². The van der Waals surface area contributed by atoms with Crippen LogP contribution in [-0.2, 0) is 9.59 Å². The first-order valence-corrected chi connectivity index (χ1v) is 6.50. The number of nitrogens with two attached hydrogens (primary N) is 1. The van der Waals surface area contributed by atoms with Crippen molar-refractivity contribution in [2.45, 2.75) is 38.1 Å². The van der Waals surface area contributed by atoms with Crippen LogP contribution in [-0.4, -0.2) is 42.4 Å². The van der Waals surface area contributed by atoms with Crippen molar-refractivity contribution in [2.24, 2.45) is 11.7 Å². The molecule has 1 heterocycles. The highest BCUT2D eigenvalue weighted by atomic mass is 35.5. The van der Waals surface area contributed by atoms with Crippen LogP contribution in [0.15, 0.2) is 0 Å². The molecule has 1 aliphatic carbocycles. The lowest BCUT2D eigenvalue weighted by Crippen LogP contribution is -2.59. The number of rotatable bonds is 2. The fourth-order valence-electron chi connectivity index (χ4n) is 2.81. The molecule has 0 spiro atoms. The Balaban J connectivity index is 0.00000162. The van der Waals surface area contributed by atoms with Gasteiger partial charge in [0.25, 0.3) is 0 Å². The van der Waals surface area contributed by atoms with Crippen molar-refractivity contribution in [3.8, 4) is 0 Å². The Morgan fingerprint density at radius 1 is 1.17 bits per heavy atom. The molecule has 0 aromatic rings. The molecular weight excluding hydrogens is 254 g/mol. The van der Waals surface area contributed by atoms with Crippen LogP contribution in [0.4, 0.5) is 0 Å². The van der Waals surface area contributed by atoms with Crippen LogP contribution in [0.3, 0.4) is 0 Å². The Morgan fingerprint density at radius 2 is 1.83 bits per heavy atom. The second-order valence-electron chi connectivity index (χ2n) is 4.99. The Kier molecular flexibility index (Phi) is 5.88. The van der Waals surface area contributed by atoms with Gasteiger partial charge in [-0.3, -0.25) is 9.59 Å². The van der Waals surface area contributed by atoms with Crippen LogP contribution >= 0.6 is 12.4 Å².